The maximum atomic E-state index is 12.7. The van der Waals surface area contributed by atoms with Gasteiger partial charge in [-0.05, 0) is 45.9 Å². The Morgan fingerprint density at radius 3 is 2.31 bits per heavy atom. The Labute approximate surface area is 156 Å². The van der Waals surface area contributed by atoms with E-state index in [-0.39, 0.29) is 11.9 Å². The van der Waals surface area contributed by atoms with E-state index < -0.39 is 0 Å². The fraction of sp³-hybridized carbons (Fsp3) is 0.381. The van der Waals surface area contributed by atoms with E-state index in [1.165, 1.54) is 5.56 Å². The fourth-order valence-electron chi connectivity index (χ4n) is 2.68. The zero-order valence-electron chi connectivity index (χ0n) is 16.1. The van der Waals surface area contributed by atoms with Gasteiger partial charge < -0.3 is 19.9 Å². The van der Waals surface area contributed by atoms with Crippen LogP contribution in [0.3, 0.4) is 0 Å². The number of benzene rings is 2. The average molecular weight is 355 g/mol. The minimum absolute atomic E-state index is 0.113. The van der Waals surface area contributed by atoms with Gasteiger partial charge in [0.25, 0.3) is 5.91 Å². The number of carbonyl (C=O) groups excluding carboxylic acids is 1. The monoisotopic (exact) mass is 355 g/mol. The zero-order valence-corrected chi connectivity index (χ0v) is 16.1. The van der Waals surface area contributed by atoms with Crippen molar-refractivity contribution >= 4 is 5.91 Å². The zero-order chi connectivity index (χ0) is 18.9. The predicted molar refractivity (Wildman–Crippen MR) is 106 cm³/mol. The van der Waals surface area contributed by atoms with Gasteiger partial charge in [0.05, 0.1) is 11.6 Å². The van der Waals surface area contributed by atoms with Gasteiger partial charge in [0.1, 0.15) is 12.4 Å². The molecule has 0 aliphatic heterocycles. The quantitative estimate of drug-likeness (QED) is 0.751. The molecule has 0 bridgehead atoms. The number of hydrogen-bond acceptors (Lipinski definition) is 4. The van der Waals surface area contributed by atoms with E-state index in [1.807, 2.05) is 69.5 Å². The molecular weight excluding hydrogens is 326 g/mol. The molecular formula is C21H29N3O2. The lowest BCUT2D eigenvalue weighted by Gasteiger charge is -2.25. The highest BCUT2D eigenvalue weighted by atomic mass is 16.5. The minimum Gasteiger partial charge on any atom is -0.491 e. The average Bonchev–Trinajstić information content (AvgIpc) is 2.62. The Morgan fingerprint density at radius 1 is 1.00 bits per heavy atom. The molecule has 1 unspecified atom stereocenters. The SMILES string of the molecule is CN(C)CCOc1ccccc1C(=O)NCC(c1ccccc1)N(C)C. The molecule has 0 radical (unpaired) electrons. The first kappa shape index (κ1) is 19.9. The highest BCUT2D eigenvalue weighted by Gasteiger charge is 2.17. The molecule has 0 aliphatic carbocycles. The lowest BCUT2D eigenvalue weighted by atomic mass is 10.1. The standard InChI is InChI=1S/C21H29N3O2/c1-23(2)14-15-26-20-13-9-8-12-18(20)21(25)22-16-19(24(3)4)17-10-6-5-7-11-17/h5-13,19H,14-16H2,1-4H3,(H,22,25). The Bertz CT molecular complexity index is 687. The van der Waals surface area contributed by atoms with Crippen LogP contribution in [0.5, 0.6) is 5.75 Å². The molecule has 140 valence electrons. The second-order valence-electron chi connectivity index (χ2n) is 6.75. The van der Waals surface area contributed by atoms with Gasteiger partial charge in [-0.1, -0.05) is 42.5 Å². The second-order valence-corrected chi connectivity index (χ2v) is 6.75. The van der Waals surface area contributed by atoms with E-state index in [0.717, 1.165) is 6.54 Å². The Morgan fingerprint density at radius 2 is 1.65 bits per heavy atom. The van der Waals surface area contributed by atoms with Crippen molar-refractivity contribution in [3.8, 4) is 5.75 Å². The first-order valence-electron chi connectivity index (χ1n) is 8.85. The van der Waals surface area contributed by atoms with Crippen LogP contribution in [0.15, 0.2) is 54.6 Å². The summed E-state index contributed by atoms with van der Waals surface area (Å²) in [4.78, 5) is 16.9. The van der Waals surface area contributed by atoms with Gasteiger partial charge in [0.15, 0.2) is 0 Å². The van der Waals surface area contributed by atoms with Crippen LogP contribution in [0.4, 0.5) is 0 Å². The summed E-state index contributed by atoms with van der Waals surface area (Å²) >= 11 is 0. The number of carbonyl (C=O) groups is 1. The number of ether oxygens (including phenoxy) is 1. The summed E-state index contributed by atoms with van der Waals surface area (Å²) < 4.78 is 5.80. The lowest BCUT2D eigenvalue weighted by molar-refractivity contribution is 0.0937. The molecule has 5 heteroatoms. The second kappa shape index (κ2) is 9.94. The third kappa shape index (κ3) is 5.86. The van der Waals surface area contributed by atoms with Crippen LogP contribution < -0.4 is 10.1 Å². The van der Waals surface area contributed by atoms with Crippen molar-refractivity contribution in [3.05, 3.63) is 65.7 Å². The molecule has 26 heavy (non-hydrogen) atoms. The summed E-state index contributed by atoms with van der Waals surface area (Å²) in [5, 5.41) is 3.05. The Balaban J connectivity index is 2.03. The number of nitrogens with zero attached hydrogens (tertiary/aromatic N) is 2. The number of hydrogen-bond donors (Lipinski definition) is 1. The predicted octanol–water partition coefficient (Wildman–Crippen LogP) is 2.66. The third-order valence-electron chi connectivity index (χ3n) is 4.19. The van der Waals surface area contributed by atoms with Crippen molar-refractivity contribution in [1.29, 1.82) is 0 Å². The summed E-state index contributed by atoms with van der Waals surface area (Å²) in [5.41, 5.74) is 1.74. The topological polar surface area (TPSA) is 44.8 Å². The van der Waals surface area contributed by atoms with Crippen LogP contribution in [0.1, 0.15) is 22.0 Å². The van der Waals surface area contributed by atoms with Crippen LogP contribution in [-0.2, 0) is 0 Å². The molecule has 1 amide bonds. The van der Waals surface area contributed by atoms with Gasteiger partial charge >= 0.3 is 0 Å². The molecule has 5 nitrogen and oxygen atoms in total. The van der Waals surface area contributed by atoms with Crippen molar-refractivity contribution in [2.24, 2.45) is 0 Å². The van der Waals surface area contributed by atoms with Crippen LogP contribution in [0.25, 0.3) is 0 Å². The number of amides is 1. The van der Waals surface area contributed by atoms with Crippen molar-refractivity contribution in [3.63, 3.8) is 0 Å². The summed E-state index contributed by atoms with van der Waals surface area (Å²) in [6, 6.07) is 17.7. The maximum absolute atomic E-state index is 12.7. The van der Waals surface area contributed by atoms with Gasteiger partial charge in [0.2, 0.25) is 0 Å². The molecule has 1 atom stereocenters. The van der Waals surface area contributed by atoms with E-state index in [4.69, 9.17) is 4.74 Å². The molecule has 0 heterocycles. The number of nitrogens with one attached hydrogen (secondary N) is 1. The van der Waals surface area contributed by atoms with Crippen LogP contribution in [-0.4, -0.2) is 63.6 Å². The third-order valence-corrected chi connectivity index (χ3v) is 4.19. The molecule has 0 aliphatic rings. The molecule has 0 saturated heterocycles. The number of para-hydroxylation sites is 1. The minimum atomic E-state index is -0.117. The summed E-state index contributed by atoms with van der Waals surface area (Å²) in [6.07, 6.45) is 0. The van der Waals surface area contributed by atoms with Crippen LogP contribution in [0, 0.1) is 0 Å². The van der Waals surface area contributed by atoms with Gasteiger partial charge in [-0.2, -0.15) is 0 Å². The van der Waals surface area contributed by atoms with E-state index in [9.17, 15) is 4.79 Å². The van der Waals surface area contributed by atoms with Gasteiger partial charge in [-0.25, -0.2) is 0 Å². The van der Waals surface area contributed by atoms with Gasteiger partial charge in [0, 0.05) is 13.1 Å². The van der Waals surface area contributed by atoms with Gasteiger partial charge in [-0.15, -0.1) is 0 Å². The fourth-order valence-corrected chi connectivity index (χ4v) is 2.68. The summed E-state index contributed by atoms with van der Waals surface area (Å²) in [5.74, 6) is 0.501. The molecule has 0 aromatic heterocycles. The first-order valence-corrected chi connectivity index (χ1v) is 8.85. The van der Waals surface area contributed by atoms with E-state index in [1.54, 1.807) is 6.07 Å². The highest BCUT2D eigenvalue weighted by molar-refractivity contribution is 5.96. The van der Waals surface area contributed by atoms with E-state index >= 15 is 0 Å². The van der Waals surface area contributed by atoms with Crippen molar-refractivity contribution in [2.45, 2.75) is 6.04 Å². The Hall–Kier alpha value is -2.37. The molecule has 0 fully saturated rings. The molecule has 2 rings (SSSR count). The number of likely N-dealkylation sites (N-methyl/N-ethyl adjacent to an activating group) is 2. The smallest absolute Gasteiger partial charge is 0.255 e. The highest BCUT2D eigenvalue weighted by Crippen LogP contribution is 2.20. The summed E-state index contributed by atoms with van der Waals surface area (Å²) in [6.45, 7) is 1.87. The molecule has 0 spiro atoms. The van der Waals surface area contributed by atoms with E-state index in [0.29, 0.717) is 24.5 Å². The van der Waals surface area contributed by atoms with Crippen molar-refractivity contribution in [1.82, 2.24) is 15.1 Å². The number of rotatable bonds is 9. The van der Waals surface area contributed by atoms with Crippen LogP contribution >= 0.6 is 0 Å². The first-order chi connectivity index (χ1) is 12.5. The lowest BCUT2D eigenvalue weighted by Crippen LogP contribution is -2.34. The van der Waals surface area contributed by atoms with Crippen LogP contribution in [0.2, 0.25) is 0 Å². The molecule has 2 aromatic carbocycles. The normalized spacial score (nSPS) is 12.2. The van der Waals surface area contributed by atoms with Crippen molar-refractivity contribution < 1.29 is 9.53 Å². The largest absolute Gasteiger partial charge is 0.491 e. The summed E-state index contributed by atoms with van der Waals surface area (Å²) in [7, 11) is 8.02. The molecule has 2 aromatic rings. The Kier molecular flexibility index (Phi) is 7.63. The molecule has 1 N–H and O–H groups in total. The van der Waals surface area contributed by atoms with E-state index in [2.05, 4.69) is 22.3 Å². The maximum Gasteiger partial charge on any atom is 0.255 e. The van der Waals surface area contributed by atoms with Crippen molar-refractivity contribution in [2.75, 3.05) is 47.9 Å². The van der Waals surface area contributed by atoms with Gasteiger partial charge in [-0.3, -0.25) is 4.79 Å². The molecule has 0 saturated carbocycles.